The van der Waals surface area contributed by atoms with Crippen LogP contribution in [0.3, 0.4) is 0 Å². The quantitative estimate of drug-likeness (QED) is 0.525. The van der Waals surface area contributed by atoms with Gasteiger partial charge in [-0.1, -0.05) is 13.8 Å². The summed E-state index contributed by atoms with van der Waals surface area (Å²) in [7, 11) is 0. The van der Waals surface area contributed by atoms with Gasteiger partial charge in [0.1, 0.15) is 0 Å². The monoisotopic (exact) mass is 512 g/mol. The van der Waals surface area contributed by atoms with E-state index in [1.54, 1.807) is 0 Å². The van der Waals surface area contributed by atoms with E-state index in [0.29, 0.717) is 0 Å². The molecule has 0 aliphatic heterocycles. The SMILES string of the molecule is CC1=C(C)C[C-]=C1.CC1=C(C)C[C-]=C1.[Cl-].[Cl-].[Zr+2]=[C](c1ccccc1)c1ccccc1. The van der Waals surface area contributed by atoms with Crippen molar-refractivity contribution in [2.75, 3.05) is 0 Å². The average Bonchev–Trinajstić information content (AvgIpc) is 3.30. The van der Waals surface area contributed by atoms with Gasteiger partial charge in [-0.25, -0.2) is 23.3 Å². The number of hydrogen-bond donors (Lipinski definition) is 0. The zero-order valence-corrected chi connectivity index (χ0v) is 22.1. The molecular weight excluding hydrogens is 486 g/mol. The molecule has 0 saturated heterocycles. The van der Waals surface area contributed by atoms with Crippen LogP contribution in [0.5, 0.6) is 0 Å². The molecule has 2 aromatic carbocycles. The maximum atomic E-state index is 3.12. The van der Waals surface area contributed by atoms with Gasteiger partial charge in [0, 0.05) is 0 Å². The predicted molar refractivity (Wildman–Crippen MR) is 118 cm³/mol. The van der Waals surface area contributed by atoms with Crippen LogP contribution in [-0.4, -0.2) is 3.21 Å². The van der Waals surface area contributed by atoms with E-state index in [9.17, 15) is 0 Å². The number of rotatable bonds is 2. The van der Waals surface area contributed by atoms with Crippen molar-refractivity contribution in [3.63, 3.8) is 0 Å². The number of allylic oxidation sites excluding steroid dienone is 8. The summed E-state index contributed by atoms with van der Waals surface area (Å²) in [5, 5.41) is 0. The van der Waals surface area contributed by atoms with Gasteiger partial charge in [-0.15, -0.1) is 26.7 Å². The van der Waals surface area contributed by atoms with Crippen molar-refractivity contribution in [3.05, 3.63) is 118 Å². The molecule has 0 aromatic heterocycles. The molecule has 156 valence electrons. The van der Waals surface area contributed by atoms with E-state index in [1.807, 2.05) is 0 Å². The first-order valence-corrected chi connectivity index (χ1v) is 10.9. The Morgan fingerprint density at radius 1 is 0.633 bits per heavy atom. The summed E-state index contributed by atoms with van der Waals surface area (Å²) in [6.45, 7) is 8.53. The molecule has 2 aromatic rings. The van der Waals surface area contributed by atoms with Gasteiger partial charge in [-0.2, -0.15) is 11.1 Å². The third-order valence-corrected chi connectivity index (χ3v) is 6.26. The molecule has 0 radical (unpaired) electrons. The molecule has 3 heteroatoms. The van der Waals surface area contributed by atoms with Crippen LogP contribution in [0.1, 0.15) is 51.7 Å². The first kappa shape index (κ1) is 28.7. The van der Waals surface area contributed by atoms with Crippen molar-refractivity contribution in [3.8, 4) is 0 Å². The molecule has 0 amide bonds. The van der Waals surface area contributed by atoms with Crippen molar-refractivity contribution in [1.82, 2.24) is 0 Å². The zero-order chi connectivity index (χ0) is 20.4. The van der Waals surface area contributed by atoms with E-state index in [-0.39, 0.29) is 24.8 Å². The minimum atomic E-state index is 0. The summed E-state index contributed by atoms with van der Waals surface area (Å²) >= 11 is 1.46. The standard InChI is InChI=1S/C13H10.2C7H9.2ClH.Zr/c1-3-7-12(8-4-1)11-13-9-5-2-6-10-13;2*1-6-4-3-5-7(6)2;;;/h1-10H;2*4H,5H2,1-2H3;2*1H;/q;2*-1;;;+2/p-2. The summed E-state index contributed by atoms with van der Waals surface area (Å²) in [6, 6.07) is 21.1. The van der Waals surface area contributed by atoms with Crippen molar-refractivity contribution in [2.45, 2.75) is 40.5 Å². The van der Waals surface area contributed by atoms with Gasteiger partial charge in [-0.05, 0) is 0 Å². The number of benzene rings is 2. The first-order chi connectivity index (χ1) is 13.5. The Morgan fingerprint density at radius 2 is 0.967 bits per heavy atom. The van der Waals surface area contributed by atoms with E-state index in [0.717, 1.165) is 12.8 Å². The summed E-state index contributed by atoms with van der Waals surface area (Å²) < 4.78 is 1.42. The van der Waals surface area contributed by atoms with Crippen LogP contribution < -0.4 is 24.8 Å². The average molecular weight is 515 g/mol. The molecule has 0 unspecified atom stereocenters. The Morgan fingerprint density at radius 3 is 1.17 bits per heavy atom. The molecule has 0 saturated carbocycles. The van der Waals surface area contributed by atoms with E-state index >= 15 is 0 Å². The van der Waals surface area contributed by atoms with Crippen molar-refractivity contribution >= 4 is 3.21 Å². The Kier molecular flexibility index (Phi) is 14.9. The topological polar surface area (TPSA) is 0 Å². The minimum absolute atomic E-state index is 0. The zero-order valence-electron chi connectivity index (χ0n) is 18.1. The van der Waals surface area contributed by atoms with Gasteiger partial charge in [0.15, 0.2) is 0 Å². The van der Waals surface area contributed by atoms with Crippen LogP contribution in [0.15, 0.2) is 95.1 Å². The van der Waals surface area contributed by atoms with Gasteiger partial charge in [-0.3, -0.25) is 12.2 Å². The molecule has 0 spiro atoms. The molecule has 2 aliphatic rings. The van der Waals surface area contributed by atoms with E-state index in [4.69, 9.17) is 0 Å². The Hall–Kier alpha value is -1.27. The second kappa shape index (κ2) is 15.5. The van der Waals surface area contributed by atoms with Crippen LogP contribution >= 0.6 is 0 Å². The molecule has 0 fully saturated rings. The molecular formula is C27H28Cl2Zr-2. The summed E-state index contributed by atoms with van der Waals surface area (Å²) in [4.78, 5) is 0. The Balaban J connectivity index is 0.000000448. The third-order valence-electron chi connectivity index (χ3n) is 4.84. The molecule has 0 atom stereocenters. The maximum absolute atomic E-state index is 3.12. The van der Waals surface area contributed by atoms with Crippen LogP contribution in [-0.2, 0) is 24.2 Å². The summed E-state index contributed by atoms with van der Waals surface area (Å²) in [5.74, 6) is 0. The first-order valence-electron chi connectivity index (χ1n) is 9.64. The normalized spacial score (nSPS) is 13.5. The van der Waals surface area contributed by atoms with Crippen molar-refractivity contribution in [2.24, 2.45) is 0 Å². The third kappa shape index (κ3) is 9.69. The fourth-order valence-electron chi connectivity index (χ4n) is 2.62. The van der Waals surface area contributed by atoms with E-state index in [1.165, 1.54) is 60.9 Å². The molecule has 2 aliphatic carbocycles. The molecule has 0 N–H and O–H groups in total. The second-order valence-corrected chi connectivity index (χ2v) is 8.31. The Bertz CT molecular complexity index is 829. The number of halogens is 2. The van der Waals surface area contributed by atoms with Crippen LogP contribution in [0.4, 0.5) is 0 Å². The van der Waals surface area contributed by atoms with Crippen molar-refractivity contribution < 1.29 is 49.0 Å². The van der Waals surface area contributed by atoms with Gasteiger partial charge in [0.2, 0.25) is 0 Å². The fourth-order valence-corrected chi connectivity index (χ4v) is 3.44. The van der Waals surface area contributed by atoms with E-state index in [2.05, 4.69) is 113 Å². The fraction of sp³-hybridized carbons (Fsp3) is 0.222. The predicted octanol–water partition coefficient (Wildman–Crippen LogP) is 0.982. The number of hydrogen-bond acceptors (Lipinski definition) is 0. The van der Waals surface area contributed by atoms with Gasteiger partial charge in [0.05, 0.1) is 0 Å². The van der Waals surface area contributed by atoms with E-state index < -0.39 is 0 Å². The van der Waals surface area contributed by atoms with Gasteiger partial charge < -0.3 is 24.8 Å². The van der Waals surface area contributed by atoms with Crippen LogP contribution in [0.25, 0.3) is 0 Å². The van der Waals surface area contributed by atoms with Crippen LogP contribution in [0.2, 0.25) is 0 Å². The van der Waals surface area contributed by atoms with Gasteiger partial charge in [0.25, 0.3) is 0 Å². The Labute approximate surface area is 210 Å². The molecule has 0 heterocycles. The summed E-state index contributed by atoms with van der Waals surface area (Å²) in [6.07, 6.45) is 12.4. The molecule has 4 rings (SSSR count). The summed E-state index contributed by atoms with van der Waals surface area (Å²) in [5.41, 5.74) is 8.36. The van der Waals surface area contributed by atoms with Crippen LogP contribution in [0, 0.1) is 12.2 Å². The second-order valence-electron chi connectivity index (χ2n) is 7.08. The molecule has 30 heavy (non-hydrogen) atoms. The molecule has 0 bridgehead atoms. The molecule has 0 nitrogen and oxygen atoms in total. The van der Waals surface area contributed by atoms with Gasteiger partial charge >= 0.3 is 99.2 Å². The van der Waals surface area contributed by atoms with Crippen molar-refractivity contribution in [1.29, 1.82) is 0 Å².